The number of aliphatic imine (C=N–C) groups is 1. The van der Waals surface area contributed by atoms with Gasteiger partial charge in [-0.25, -0.2) is 4.99 Å². The third-order valence-corrected chi connectivity index (χ3v) is 3.41. The van der Waals surface area contributed by atoms with Gasteiger partial charge in [-0.1, -0.05) is 6.07 Å². The minimum Gasteiger partial charge on any atom is -0.489 e. The molecule has 1 aromatic carbocycles. The molecule has 6 nitrogen and oxygen atoms in total. The van der Waals surface area contributed by atoms with Gasteiger partial charge < -0.3 is 26.2 Å². The number of ether oxygens (including phenoxy) is 1. The fourth-order valence-electron chi connectivity index (χ4n) is 2.47. The van der Waals surface area contributed by atoms with Crippen LogP contribution in [-0.4, -0.2) is 36.5 Å². The third kappa shape index (κ3) is 2.50. The molecule has 2 aliphatic heterocycles. The van der Waals surface area contributed by atoms with Gasteiger partial charge in [-0.05, 0) is 38.1 Å². The van der Waals surface area contributed by atoms with E-state index in [9.17, 15) is 5.11 Å². The van der Waals surface area contributed by atoms with Crippen molar-refractivity contribution in [3.63, 3.8) is 0 Å². The number of rotatable bonds is 2. The molecule has 0 aliphatic carbocycles. The molecule has 1 saturated heterocycles. The summed E-state index contributed by atoms with van der Waals surface area (Å²) in [5.41, 5.74) is 7.40. The number of hydrogen-bond donors (Lipinski definition) is 4. The number of nitrogens with one attached hydrogen (secondary N) is 2. The predicted octanol–water partition coefficient (Wildman–Crippen LogP) is 0.224. The summed E-state index contributed by atoms with van der Waals surface area (Å²) in [6, 6.07) is 5.63. The number of anilines is 1. The molecule has 0 amide bonds. The molecular weight excluding hydrogens is 244 g/mol. The van der Waals surface area contributed by atoms with Gasteiger partial charge in [0.05, 0.1) is 11.3 Å². The number of nitrogens with two attached hydrogens (primary N) is 1. The minimum absolute atomic E-state index is 0.201. The van der Waals surface area contributed by atoms with Crippen molar-refractivity contribution in [3.8, 4) is 5.75 Å². The summed E-state index contributed by atoms with van der Waals surface area (Å²) < 4.78 is 6.04. The smallest absolute Gasteiger partial charge is 0.225 e. The first-order valence-corrected chi connectivity index (χ1v) is 6.52. The predicted molar refractivity (Wildman–Crippen MR) is 73.3 cm³/mol. The van der Waals surface area contributed by atoms with Gasteiger partial charge in [0, 0.05) is 0 Å². The Kier molecular flexibility index (Phi) is 3.27. The van der Waals surface area contributed by atoms with Crippen LogP contribution < -0.4 is 21.1 Å². The Hall–Kier alpha value is -1.79. The standard InChI is InChI=1S/C13H18N4O2/c14-12-11-9(16-13(18)17-12)2-1-3-10(11)19-8-4-6-15-7-5-8/h1-3,8,13,15-16,18H,4-7H2,(H2,14,17). The quantitative estimate of drug-likeness (QED) is 0.612. The SMILES string of the molecule is NC1=NC(O)Nc2cccc(OC3CCNCC3)c21. The van der Waals surface area contributed by atoms with Gasteiger partial charge in [0.15, 0.2) is 0 Å². The number of aliphatic hydroxyl groups excluding tert-OH is 1. The Morgan fingerprint density at radius 2 is 2.11 bits per heavy atom. The van der Waals surface area contributed by atoms with E-state index >= 15 is 0 Å². The zero-order chi connectivity index (χ0) is 13.2. The van der Waals surface area contributed by atoms with Gasteiger partial charge in [-0.15, -0.1) is 0 Å². The van der Waals surface area contributed by atoms with E-state index < -0.39 is 6.35 Å². The van der Waals surface area contributed by atoms with E-state index in [4.69, 9.17) is 10.5 Å². The lowest BCUT2D eigenvalue weighted by molar-refractivity contribution is 0.162. The molecule has 1 fully saturated rings. The lowest BCUT2D eigenvalue weighted by Gasteiger charge is -2.27. The molecular formula is C13H18N4O2. The average Bonchev–Trinajstić information content (AvgIpc) is 2.39. The van der Waals surface area contributed by atoms with Crippen LogP contribution >= 0.6 is 0 Å². The van der Waals surface area contributed by atoms with Crippen molar-refractivity contribution >= 4 is 11.5 Å². The second-order valence-corrected chi connectivity index (χ2v) is 4.78. The fourth-order valence-corrected chi connectivity index (χ4v) is 2.47. The third-order valence-electron chi connectivity index (χ3n) is 3.41. The Morgan fingerprint density at radius 3 is 2.89 bits per heavy atom. The van der Waals surface area contributed by atoms with Crippen molar-refractivity contribution in [1.29, 1.82) is 0 Å². The number of nitrogens with zero attached hydrogens (tertiary/aromatic N) is 1. The van der Waals surface area contributed by atoms with Gasteiger partial charge in [-0.3, -0.25) is 0 Å². The maximum Gasteiger partial charge on any atom is 0.225 e. The van der Waals surface area contributed by atoms with E-state index in [2.05, 4.69) is 15.6 Å². The maximum absolute atomic E-state index is 9.51. The lowest BCUT2D eigenvalue weighted by Crippen LogP contribution is -2.35. The second kappa shape index (κ2) is 5.07. The highest BCUT2D eigenvalue weighted by Crippen LogP contribution is 2.30. The summed E-state index contributed by atoms with van der Waals surface area (Å²) in [7, 11) is 0. The number of piperidine rings is 1. The summed E-state index contributed by atoms with van der Waals surface area (Å²) in [5, 5.41) is 15.7. The second-order valence-electron chi connectivity index (χ2n) is 4.78. The van der Waals surface area contributed by atoms with Crippen molar-refractivity contribution in [2.45, 2.75) is 25.3 Å². The molecule has 2 heterocycles. The molecule has 1 unspecified atom stereocenters. The van der Waals surface area contributed by atoms with E-state index in [0.717, 1.165) is 42.9 Å². The first-order chi connectivity index (χ1) is 9.24. The zero-order valence-corrected chi connectivity index (χ0v) is 10.6. The van der Waals surface area contributed by atoms with Gasteiger partial charge in [0.1, 0.15) is 17.7 Å². The van der Waals surface area contributed by atoms with Crippen LogP contribution in [0, 0.1) is 0 Å². The van der Waals surface area contributed by atoms with Crippen molar-refractivity contribution in [1.82, 2.24) is 5.32 Å². The minimum atomic E-state index is -0.985. The molecule has 0 bridgehead atoms. The van der Waals surface area contributed by atoms with Gasteiger partial charge in [0.2, 0.25) is 6.35 Å². The molecule has 6 heteroatoms. The van der Waals surface area contributed by atoms with Crippen LogP contribution in [0.1, 0.15) is 18.4 Å². The van der Waals surface area contributed by atoms with E-state index in [1.807, 2.05) is 18.2 Å². The Bertz CT molecular complexity index is 497. The summed E-state index contributed by atoms with van der Waals surface area (Å²) in [6.07, 6.45) is 1.18. The van der Waals surface area contributed by atoms with E-state index in [-0.39, 0.29) is 6.10 Å². The molecule has 0 saturated carbocycles. The van der Waals surface area contributed by atoms with Crippen molar-refractivity contribution in [3.05, 3.63) is 23.8 Å². The topological polar surface area (TPSA) is 91.9 Å². The highest BCUT2D eigenvalue weighted by molar-refractivity contribution is 6.06. The van der Waals surface area contributed by atoms with Crippen LogP contribution in [0.5, 0.6) is 5.75 Å². The number of fused-ring (bicyclic) bond motifs is 1. The maximum atomic E-state index is 9.51. The number of benzene rings is 1. The van der Waals surface area contributed by atoms with Crippen molar-refractivity contribution in [2.24, 2.45) is 10.7 Å². The number of aliphatic hydroxyl groups is 1. The molecule has 3 rings (SSSR count). The Labute approximate surface area is 111 Å². The molecule has 0 radical (unpaired) electrons. The van der Waals surface area contributed by atoms with Gasteiger partial charge in [-0.2, -0.15) is 0 Å². The Morgan fingerprint density at radius 1 is 1.32 bits per heavy atom. The van der Waals surface area contributed by atoms with E-state index in [0.29, 0.717) is 5.84 Å². The lowest BCUT2D eigenvalue weighted by atomic mass is 10.1. The molecule has 1 atom stereocenters. The van der Waals surface area contributed by atoms with Crippen LogP contribution in [0.15, 0.2) is 23.2 Å². The molecule has 0 aromatic heterocycles. The van der Waals surface area contributed by atoms with Crippen LogP contribution in [0.4, 0.5) is 5.69 Å². The van der Waals surface area contributed by atoms with Crippen LogP contribution in [0.2, 0.25) is 0 Å². The summed E-state index contributed by atoms with van der Waals surface area (Å²) in [4.78, 5) is 3.92. The van der Waals surface area contributed by atoms with Crippen LogP contribution in [0.25, 0.3) is 0 Å². The first-order valence-electron chi connectivity index (χ1n) is 6.52. The average molecular weight is 262 g/mol. The van der Waals surface area contributed by atoms with Crippen LogP contribution in [-0.2, 0) is 0 Å². The summed E-state index contributed by atoms with van der Waals surface area (Å²) in [6.45, 7) is 1.94. The monoisotopic (exact) mass is 262 g/mol. The van der Waals surface area contributed by atoms with Crippen molar-refractivity contribution < 1.29 is 9.84 Å². The molecule has 5 N–H and O–H groups in total. The van der Waals surface area contributed by atoms with Crippen molar-refractivity contribution in [2.75, 3.05) is 18.4 Å². The zero-order valence-electron chi connectivity index (χ0n) is 10.6. The highest BCUT2D eigenvalue weighted by Gasteiger charge is 2.23. The molecule has 0 spiro atoms. The van der Waals surface area contributed by atoms with Crippen LogP contribution in [0.3, 0.4) is 0 Å². The molecule has 19 heavy (non-hydrogen) atoms. The number of hydrogen-bond acceptors (Lipinski definition) is 6. The summed E-state index contributed by atoms with van der Waals surface area (Å²) in [5.74, 6) is 1.04. The van der Waals surface area contributed by atoms with Gasteiger partial charge in [0.25, 0.3) is 0 Å². The normalized spacial score (nSPS) is 23.2. The molecule has 102 valence electrons. The van der Waals surface area contributed by atoms with E-state index in [1.165, 1.54) is 0 Å². The first kappa shape index (κ1) is 12.3. The fraction of sp³-hybridized carbons (Fsp3) is 0.462. The van der Waals surface area contributed by atoms with Gasteiger partial charge >= 0.3 is 0 Å². The number of amidine groups is 1. The highest BCUT2D eigenvalue weighted by atomic mass is 16.5. The largest absolute Gasteiger partial charge is 0.489 e. The molecule has 1 aromatic rings. The Balaban J connectivity index is 1.87. The van der Waals surface area contributed by atoms with E-state index in [1.54, 1.807) is 0 Å². The molecule has 2 aliphatic rings. The summed E-state index contributed by atoms with van der Waals surface area (Å²) >= 11 is 0.